The Balaban J connectivity index is 1.79. The number of rotatable bonds is 4. The molecular weight excluding hydrogens is 328 g/mol. The van der Waals surface area contributed by atoms with Crippen molar-refractivity contribution in [2.24, 2.45) is 5.92 Å². The number of carbonyl (C=O) groups is 1. The number of fused-ring (bicyclic) bond motifs is 1. The minimum absolute atomic E-state index is 0.155. The number of hydrogen-bond acceptors (Lipinski definition) is 4. The standard InChI is InChI=1S/C18H21ClN2O3/c1-10(2)9-15-20-11(3)16(24-15)18(22)21-14-7-8-23-17-12(14)5-4-6-13(17)19/h4-6,10,14H,7-9H2,1-3H3,(H,21,22)/t14-/m0/s1. The van der Waals surface area contributed by atoms with Crippen molar-refractivity contribution in [1.82, 2.24) is 10.3 Å². The highest BCUT2D eigenvalue weighted by Crippen LogP contribution is 2.37. The van der Waals surface area contributed by atoms with Gasteiger partial charge in [0.05, 0.1) is 23.4 Å². The lowest BCUT2D eigenvalue weighted by atomic mass is 10.0. The number of benzene rings is 1. The molecule has 6 heteroatoms. The molecule has 0 bridgehead atoms. The van der Waals surface area contributed by atoms with Gasteiger partial charge in [0.2, 0.25) is 5.76 Å². The molecule has 1 aliphatic rings. The quantitative estimate of drug-likeness (QED) is 0.903. The molecule has 0 saturated heterocycles. The molecule has 0 fully saturated rings. The molecule has 2 aromatic rings. The largest absolute Gasteiger partial charge is 0.492 e. The van der Waals surface area contributed by atoms with Gasteiger partial charge in [-0.2, -0.15) is 0 Å². The fourth-order valence-electron chi connectivity index (χ4n) is 2.86. The number of carbonyl (C=O) groups excluding carboxylic acids is 1. The van der Waals surface area contributed by atoms with Crippen molar-refractivity contribution in [3.8, 4) is 5.75 Å². The second kappa shape index (κ2) is 6.85. The molecular formula is C18H21ClN2O3. The van der Waals surface area contributed by atoms with E-state index < -0.39 is 0 Å². The van der Waals surface area contributed by atoms with Crippen LogP contribution >= 0.6 is 11.6 Å². The Kier molecular flexibility index (Phi) is 4.81. The van der Waals surface area contributed by atoms with Gasteiger partial charge in [0.1, 0.15) is 5.75 Å². The van der Waals surface area contributed by atoms with Crippen LogP contribution in [0.3, 0.4) is 0 Å². The summed E-state index contributed by atoms with van der Waals surface area (Å²) in [4.78, 5) is 17.0. The smallest absolute Gasteiger partial charge is 0.289 e. The van der Waals surface area contributed by atoms with E-state index in [2.05, 4.69) is 24.1 Å². The minimum atomic E-state index is -0.257. The Hall–Kier alpha value is -2.01. The third-order valence-corrected chi connectivity index (χ3v) is 4.26. The van der Waals surface area contributed by atoms with Crippen LogP contribution in [0.1, 0.15) is 54.0 Å². The summed E-state index contributed by atoms with van der Waals surface area (Å²) in [5.74, 6) is 1.69. The van der Waals surface area contributed by atoms with Crippen LogP contribution in [0.4, 0.5) is 0 Å². The summed E-state index contributed by atoms with van der Waals surface area (Å²) < 4.78 is 11.3. The average molecular weight is 349 g/mol. The van der Waals surface area contributed by atoms with Gasteiger partial charge in [-0.15, -0.1) is 0 Å². The first-order valence-corrected chi connectivity index (χ1v) is 8.52. The number of nitrogens with one attached hydrogen (secondary N) is 1. The molecule has 1 atom stereocenters. The van der Waals surface area contributed by atoms with Crippen LogP contribution in [-0.2, 0) is 6.42 Å². The van der Waals surface area contributed by atoms with E-state index >= 15 is 0 Å². The van der Waals surface area contributed by atoms with Crippen LogP contribution in [-0.4, -0.2) is 17.5 Å². The molecule has 2 heterocycles. The first-order valence-electron chi connectivity index (χ1n) is 8.14. The summed E-state index contributed by atoms with van der Waals surface area (Å²) in [5, 5.41) is 3.57. The van der Waals surface area contributed by atoms with Crippen molar-refractivity contribution in [1.29, 1.82) is 0 Å². The molecule has 1 N–H and O–H groups in total. The molecule has 5 nitrogen and oxygen atoms in total. The minimum Gasteiger partial charge on any atom is -0.492 e. The second-order valence-corrected chi connectivity index (χ2v) is 6.85. The number of aryl methyl sites for hydroxylation is 1. The zero-order valence-electron chi connectivity index (χ0n) is 14.1. The van der Waals surface area contributed by atoms with E-state index in [1.54, 1.807) is 13.0 Å². The lowest BCUT2D eigenvalue weighted by Gasteiger charge is -2.27. The van der Waals surface area contributed by atoms with Gasteiger partial charge in [0.25, 0.3) is 5.91 Å². The summed E-state index contributed by atoms with van der Waals surface area (Å²) in [5.41, 5.74) is 1.50. The predicted molar refractivity (Wildman–Crippen MR) is 91.6 cm³/mol. The third kappa shape index (κ3) is 3.41. The van der Waals surface area contributed by atoms with Gasteiger partial charge >= 0.3 is 0 Å². The molecule has 1 amide bonds. The SMILES string of the molecule is Cc1nc(CC(C)C)oc1C(=O)N[C@H]1CCOc2c(Cl)cccc21. The maximum Gasteiger partial charge on any atom is 0.289 e. The molecule has 0 aliphatic carbocycles. The summed E-state index contributed by atoms with van der Waals surface area (Å²) in [7, 11) is 0. The van der Waals surface area contributed by atoms with Crippen molar-refractivity contribution >= 4 is 17.5 Å². The van der Waals surface area contributed by atoms with Crippen LogP contribution in [0.25, 0.3) is 0 Å². The van der Waals surface area contributed by atoms with Gasteiger partial charge in [-0.05, 0) is 18.9 Å². The molecule has 0 spiro atoms. The first-order chi connectivity index (χ1) is 11.5. The first kappa shape index (κ1) is 16.8. The fraction of sp³-hybridized carbons (Fsp3) is 0.444. The van der Waals surface area contributed by atoms with Crippen molar-refractivity contribution in [2.75, 3.05) is 6.61 Å². The van der Waals surface area contributed by atoms with Gasteiger partial charge in [0, 0.05) is 18.4 Å². The normalized spacial score (nSPS) is 16.6. The van der Waals surface area contributed by atoms with Gasteiger partial charge in [-0.25, -0.2) is 4.98 Å². The van der Waals surface area contributed by atoms with Gasteiger partial charge < -0.3 is 14.5 Å². The monoisotopic (exact) mass is 348 g/mol. The molecule has 0 saturated carbocycles. The Morgan fingerprint density at radius 1 is 1.46 bits per heavy atom. The maximum atomic E-state index is 12.6. The zero-order chi connectivity index (χ0) is 17.3. The van der Waals surface area contributed by atoms with Crippen molar-refractivity contribution < 1.29 is 13.9 Å². The third-order valence-electron chi connectivity index (χ3n) is 3.96. The number of nitrogens with zero attached hydrogens (tertiary/aromatic N) is 1. The number of amides is 1. The Bertz CT molecular complexity index is 755. The highest BCUT2D eigenvalue weighted by atomic mass is 35.5. The number of ether oxygens (including phenoxy) is 1. The van der Waals surface area contributed by atoms with Crippen LogP contribution < -0.4 is 10.1 Å². The Morgan fingerprint density at radius 3 is 3.00 bits per heavy atom. The van der Waals surface area contributed by atoms with E-state index in [1.165, 1.54) is 0 Å². The van der Waals surface area contributed by atoms with Crippen molar-refractivity contribution in [3.63, 3.8) is 0 Å². The van der Waals surface area contributed by atoms with Crippen molar-refractivity contribution in [2.45, 2.75) is 39.7 Å². The average Bonchev–Trinajstić information content (AvgIpc) is 2.88. The van der Waals surface area contributed by atoms with Crippen LogP contribution in [0.2, 0.25) is 5.02 Å². The molecule has 24 heavy (non-hydrogen) atoms. The molecule has 0 unspecified atom stereocenters. The highest BCUT2D eigenvalue weighted by molar-refractivity contribution is 6.32. The van der Waals surface area contributed by atoms with Crippen LogP contribution in [0.15, 0.2) is 22.6 Å². The lowest BCUT2D eigenvalue weighted by Crippen LogP contribution is -2.32. The molecule has 3 rings (SSSR count). The van der Waals surface area contributed by atoms with E-state index in [9.17, 15) is 4.79 Å². The van der Waals surface area contributed by atoms with E-state index in [-0.39, 0.29) is 17.7 Å². The molecule has 128 valence electrons. The van der Waals surface area contributed by atoms with Gasteiger partial charge in [-0.1, -0.05) is 37.6 Å². The predicted octanol–water partition coefficient (Wildman–Crippen LogP) is 4.09. The summed E-state index contributed by atoms with van der Waals surface area (Å²) in [6, 6.07) is 5.40. The van der Waals surface area contributed by atoms with Crippen LogP contribution in [0, 0.1) is 12.8 Å². The number of para-hydroxylation sites is 1. The fourth-order valence-corrected chi connectivity index (χ4v) is 3.10. The van der Waals surface area contributed by atoms with E-state index in [4.69, 9.17) is 20.8 Å². The number of oxazole rings is 1. The molecule has 1 aromatic heterocycles. The molecule has 1 aliphatic heterocycles. The number of halogens is 1. The Morgan fingerprint density at radius 2 is 2.25 bits per heavy atom. The van der Waals surface area contributed by atoms with E-state index in [1.807, 2.05) is 12.1 Å². The maximum absolute atomic E-state index is 12.6. The summed E-state index contributed by atoms with van der Waals surface area (Å²) in [6.07, 6.45) is 1.40. The Labute approximate surface area is 146 Å². The number of aromatic nitrogens is 1. The second-order valence-electron chi connectivity index (χ2n) is 6.44. The van der Waals surface area contributed by atoms with Gasteiger partial charge in [-0.3, -0.25) is 4.79 Å². The summed E-state index contributed by atoms with van der Waals surface area (Å²) >= 11 is 6.17. The topological polar surface area (TPSA) is 64.4 Å². The highest BCUT2D eigenvalue weighted by Gasteiger charge is 2.27. The van der Waals surface area contributed by atoms with E-state index in [0.717, 1.165) is 5.56 Å². The van der Waals surface area contributed by atoms with E-state index in [0.29, 0.717) is 47.7 Å². The number of hydrogen-bond donors (Lipinski definition) is 1. The molecule has 0 radical (unpaired) electrons. The van der Waals surface area contributed by atoms with Crippen molar-refractivity contribution in [3.05, 3.63) is 46.1 Å². The molecule has 1 aromatic carbocycles. The zero-order valence-corrected chi connectivity index (χ0v) is 14.8. The lowest BCUT2D eigenvalue weighted by molar-refractivity contribution is 0.0893. The summed E-state index contributed by atoms with van der Waals surface area (Å²) in [6.45, 7) is 6.47. The van der Waals surface area contributed by atoms with Gasteiger partial charge in [0.15, 0.2) is 5.89 Å². The van der Waals surface area contributed by atoms with Crippen LogP contribution in [0.5, 0.6) is 5.75 Å².